The Bertz CT molecular complexity index is 1240. The second-order valence-corrected chi connectivity index (χ2v) is 13.7. The number of aliphatic hydroxyl groups is 4. The third kappa shape index (κ3) is 3.44. The molecular formula is C31H44ClNO10. The molecule has 0 amide bonds. The van der Waals surface area contributed by atoms with Crippen LogP contribution in [0.15, 0.2) is 30.3 Å². The number of hydrogen-bond acceptors (Lipinski definition) is 11. The zero-order chi connectivity index (χ0) is 30.0. The molecule has 11 nitrogen and oxygen atoms in total. The number of hydrogen-bond donors (Lipinski definition) is 4. The molecule has 43 heavy (non-hydrogen) atoms. The quantitative estimate of drug-likeness (QED) is 0.306. The molecule has 1 saturated heterocycles. The molecule has 5 aliphatic carbocycles. The Hall–Kier alpha value is -1.38. The maximum Gasteiger partial charge on any atom is 0.338 e. The minimum absolute atomic E-state index is 0. The van der Waals surface area contributed by atoms with Gasteiger partial charge < -0.3 is 49.0 Å². The highest BCUT2D eigenvalue weighted by Gasteiger charge is 2.91. The van der Waals surface area contributed by atoms with Gasteiger partial charge in [-0.25, -0.2) is 4.79 Å². The largest absolute Gasteiger partial charge is 0.455 e. The molecule has 240 valence electrons. The minimum Gasteiger partial charge on any atom is -0.455 e. The van der Waals surface area contributed by atoms with Crippen molar-refractivity contribution in [2.45, 2.75) is 66.7 Å². The monoisotopic (exact) mass is 625 g/mol. The average molecular weight is 626 g/mol. The molecule has 7 rings (SSSR count). The van der Waals surface area contributed by atoms with Crippen molar-refractivity contribution in [3.05, 3.63) is 35.9 Å². The molecule has 0 radical (unpaired) electrons. The van der Waals surface area contributed by atoms with E-state index in [1.54, 1.807) is 51.7 Å². The van der Waals surface area contributed by atoms with Crippen LogP contribution in [0.3, 0.4) is 0 Å². The smallest absolute Gasteiger partial charge is 0.338 e. The van der Waals surface area contributed by atoms with E-state index < -0.39 is 82.4 Å². The maximum absolute atomic E-state index is 13.5. The van der Waals surface area contributed by atoms with E-state index in [0.717, 1.165) is 0 Å². The summed E-state index contributed by atoms with van der Waals surface area (Å²) < 4.78 is 30.3. The Balaban J connectivity index is 0.00000329. The summed E-state index contributed by atoms with van der Waals surface area (Å²) in [7, 11) is 8.22. The number of benzene rings is 1. The van der Waals surface area contributed by atoms with Crippen LogP contribution in [-0.4, -0.2) is 134 Å². The Morgan fingerprint density at radius 3 is 2.30 bits per heavy atom. The third-order valence-electron chi connectivity index (χ3n) is 12.6. The zero-order valence-corrected chi connectivity index (χ0v) is 26.0. The molecule has 1 spiro atoms. The highest BCUT2D eigenvalue weighted by molar-refractivity contribution is 5.89. The summed E-state index contributed by atoms with van der Waals surface area (Å²) in [5.74, 6) is -2.96. The fraction of sp³-hybridized carbons (Fsp3) is 0.774. The summed E-state index contributed by atoms with van der Waals surface area (Å²) in [6.07, 6.45) is -5.28. The van der Waals surface area contributed by atoms with Crippen molar-refractivity contribution in [1.82, 2.24) is 4.90 Å². The van der Waals surface area contributed by atoms with Crippen molar-refractivity contribution in [3.8, 4) is 0 Å². The number of esters is 1. The fourth-order valence-corrected chi connectivity index (χ4v) is 11.8. The van der Waals surface area contributed by atoms with Crippen LogP contribution in [0.25, 0.3) is 0 Å². The van der Waals surface area contributed by atoms with E-state index in [4.69, 9.17) is 23.7 Å². The number of nitrogens with zero attached hydrogens (tertiary/aromatic N) is 1. The summed E-state index contributed by atoms with van der Waals surface area (Å²) in [6, 6.07) is 8.22. The van der Waals surface area contributed by atoms with Gasteiger partial charge in [0.15, 0.2) is 0 Å². The second kappa shape index (κ2) is 10.3. The van der Waals surface area contributed by atoms with Crippen LogP contribution in [0.2, 0.25) is 0 Å². The Morgan fingerprint density at radius 1 is 1.00 bits per heavy atom. The highest BCUT2D eigenvalue weighted by atomic mass is 35.5. The van der Waals surface area contributed by atoms with Crippen LogP contribution >= 0.6 is 12.4 Å². The molecule has 12 heteroatoms. The number of fused-ring (bicyclic) bond motifs is 2. The topological polar surface area (TPSA) is 147 Å². The first-order valence-corrected chi connectivity index (χ1v) is 14.9. The molecule has 6 fully saturated rings. The van der Waals surface area contributed by atoms with Gasteiger partial charge in [-0.1, -0.05) is 18.2 Å². The predicted molar refractivity (Wildman–Crippen MR) is 154 cm³/mol. The molecule has 15 atom stereocenters. The van der Waals surface area contributed by atoms with E-state index in [9.17, 15) is 25.2 Å². The highest BCUT2D eigenvalue weighted by Crippen LogP contribution is 2.80. The van der Waals surface area contributed by atoms with Crippen molar-refractivity contribution in [2.24, 2.45) is 34.5 Å². The SMILES string of the molecule is COC[C@]12CN(C)[C@@H]3C4[C@H](OC)[C@H]1[C@@]3(C(OC)C[C@H]2O)[C@@H]1C[C@]2(O)[C@H](OC(=O)c3ccccc3)[C@@H]1[C@]4(O)[C@@H](O)[C@@H]2OC.Cl. The lowest BCUT2D eigenvalue weighted by Crippen LogP contribution is -2.80. The van der Waals surface area contributed by atoms with Crippen LogP contribution in [0.1, 0.15) is 23.2 Å². The lowest BCUT2D eigenvalue weighted by molar-refractivity contribution is -0.318. The summed E-state index contributed by atoms with van der Waals surface area (Å²) in [5.41, 5.74) is -4.81. The van der Waals surface area contributed by atoms with Gasteiger partial charge in [0.1, 0.15) is 29.5 Å². The number of piperidine rings is 1. The van der Waals surface area contributed by atoms with Gasteiger partial charge >= 0.3 is 5.97 Å². The summed E-state index contributed by atoms with van der Waals surface area (Å²) >= 11 is 0. The number of methoxy groups -OCH3 is 4. The Labute approximate surface area is 257 Å². The maximum atomic E-state index is 13.5. The van der Waals surface area contributed by atoms with Gasteiger partial charge in [0.25, 0.3) is 0 Å². The van der Waals surface area contributed by atoms with Crippen LogP contribution in [-0.2, 0) is 23.7 Å². The molecular weight excluding hydrogens is 582 g/mol. The van der Waals surface area contributed by atoms with Crippen LogP contribution in [0.4, 0.5) is 0 Å². The van der Waals surface area contributed by atoms with E-state index in [0.29, 0.717) is 18.5 Å². The first-order chi connectivity index (χ1) is 20.0. The number of carbonyl (C=O) groups excluding carboxylic acids is 1. The normalized spacial score (nSPS) is 52.4. The average Bonchev–Trinajstić information content (AvgIpc) is 3.37. The van der Waals surface area contributed by atoms with Crippen molar-refractivity contribution < 1.29 is 48.9 Å². The zero-order valence-electron chi connectivity index (χ0n) is 25.2. The van der Waals surface area contributed by atoms with Crippen molar-refractivity contribution in [2.75, 3.05) is 48.6 Å². The lowest BCUT2D eigenvalue weighted by atomic mass is 9.42. The molecule has 5 saturated carbocycles. The number of aliphatic hydroxyl groups excluding tert-OH is 2. The number of likely N-dealkylation sites (tertiary alicyclic amines) is 1. The summed E-state index contributed by atoms with van der Waals surface area (Å²) in [6.45, 7) is 0.760. The van der Waals surface area contributed by atoms with Crippen molar-refractivity contribution in [1.29, 1.82) is 0 Å². The number of rotatable bonds is 7. The molecule has 7 bridgehead atoms. The number of ether oxygens (including phenoxy) is 5. The molecule has 6 aliphatic rings. The van der Waals surface area contributed by atoms with Crippen molar-refractivity contribution >= 4 is 18.4 Å². The molecule has 1 heterocycles. The van der Waals surface area contributed by atoms with Crippen LogP contribution in [0.5, 0.6) is 0 Å². The first-order valence-electron chi connectivity index (χ1n) is 14.9. The second-order valence-electron chi connectivity index (χ2n) is 13.7. The van der Waals surface area contributed by atoms with Gasteiger partial charge in [-0.3, -0.25) is 0 Å². The molecule has 2 unspecified atom stereocenters. The van der Waals surface area contributed by atoms with Gasteiger partial charge in [-0.2, -0.15) is 0 Å². The van der Waals surface area contributed by atoms with E-state index in [-0.39, 0.29) is 37.4 Å². The standard InChI is InChI=1S/C31H43NO10.ClH/c1-32-13-28(14-38-2)17(33)11-18(39-3)30-16-12-29(36)25(42-27(35)15-9-7-6-8-10-15)19(16)31(37,24(34)26(29)41-5)20(23(30)32)21(40-4)22(28)30;/h6-10,16-26,33-34,36-37H,11-14H2,1-5H3;1H/t16-,17-,18?,19-,20?,21+,22-,23-,24+,25-,26+,28+,29+,30+,31-;/m1./s1. The van der Waals surface area contributed by atoms with E-state index in [2.05, 4.69) is 4.90 Å². The Kier molecular flexibility index (Phi) is 7.58. The molecule has 1 aromatic carbocycles. The third-order valence-corrected chi connectivity index (χ3v) is 12.6. The first kappa shape index (κ1) is 31.6. The molecule has 1 aliphatic heterocycles. The molecule has 0 aromatic heterocycles. The molecule has 1 aromatic rings. The van der Waals surface area contributed by atoms with Crippen LogP contribution in [0, 0.1) is 34.5 Å². The van der Waals surface area contributed by atoms with Gasteiger partial charge in [0.2, 0.25) is 0 Å². The summed E-state index contributed by atoms with van der Waals surface area (Å²) in [4.78, 5) is 15.7. The van der Waals surface area contributed by atoms with Crippen molar-refractivity contribution in [3.63, 3.8) is 0 Å². The van der Waals surface area contributed by atoms with E-state index in [1.807, 2.05) is 7.05 Å². The van der Waals surface area contributed by atoms with Crippen LogP contribution < -0.4 is 0 Å². The van der Waals surface area contributed by atoms with Gasteiger partial charge in [0.05, 0.1) is 30.5 Å². The minimum atomic E-state index is -1.86. The molecule has 4 N–H and O–H groups in total. The fourth-order valence-electron chi connectivity index (χ4n) is 11.8. The summed E-state index contributed by atoms with van der Waals surface area (Å²) in [5, 5.41) is 49.4. The number of carbonyl (C=O) groups is 1. The number of halogens is 1. The lowest BCUT2D eigenvalue weighted by Gasteiger charge is -2.69. The van der Waals surface area contributed by atoms with Gasteiger partial charge in [0, 0.05) is 76.0 Å². The predicted octanol–water partition coefficient (Wildman–Crippen LogP) is 0.109. The van der Waals surface area contributed by atoms with E-state index >= 15 is 0 Å². The van der Waals surface area contributed by atoms with Gasteiger partial charge in [-0.15, -0.1) is 12.4 Å². The van der Waals surface area contributed by atoms with E-state index in [1.165, 1.54) is 7.11 Å². The van der Waals surface area contributed by atoms with Gasteiger partial charge in [-0.05, 0) is 31.5 Å². The Morgan fingerprint density at radius 2 is 1.70 bits per heavy atom.